The number of carbonyl (C=O) groups excluding carboxylic acids is 1. The molecule has 1 fully saturated rings. The van der Waals surface area contributed by atoms with Gasteiger partial charge < -0.3 is 15.1 Å². The van der Waals surface area contributed by atoms with Crippen LogP contribution >= 0.6 is 0 Å². The summed E-state index contributed by atoms with van der Waals surface area (Å²) in [4.78, 5) is 23.5. The third-order valence-corrected chi connectivity index (χ3v) is 6.01. The minimum absolute atomic E-state index is 0.0589. The zero-order valence-corrected chi connectivity index (χ0v) is 19.7. The molecule has 1 aliphatic rings. The molecule has 0 bridgehead atoms. The van der Waals surface area contributed by atoms with E-state index in [9.17, 15) is 18.0 Å². The molecule has 0 atom stereocenters. The number of alkyl halides is 3. The summed E-state index contributed by atoms with van der Waals surface area (Å²) in [6.45, 7) is 4.38. The molecule has 1 aromatic heterocycles. The highest BCUT2D eigenvalue weighted by atomic mass is 19.4. The third-order valence-electron chi connectivity index (χ3n) is 6.01. The molecule has 0 saturated carbocycles. The Hall–Kier alpha value is -3.59. The van der Waals surface area contributed by atoms with E-state index in [2.05, 4.69) is 49.3 Å². The summed E-state index contributed by atoms with van der Waals surface area (Å²) in [7, 11) is 4.05. The molecular formula is C26H28F3N5O. The van der Waals surface area contributed by atoms with E-state index in [1.807, 2.05) is 20.2 Å². The number of rotatable bonds is 6. The van der Waals surface area contributed by atoms with Gasteiger partial charge in [0, 0.05) is 58.1 Å². The van der Waals surface area contributed by atoms with Crippen molar-refractivity contribution in [2.24, 2.45) is 0 Å². The van der Waals surface area contributed by atoms with Gasteiger partial charge in [0.2, 0.25) is 0 Å². The van der Waals surface area contributed by atoms with E-state index in [0.717, 1.165) is 50.7 Å². The first-order valence-corrected chi connectivity index (χ1v) is 11.4. The molecule has 35 heavy (non-hydrogen) atoms. The smallest absolute Gasteiger partial charge is 0.378 e. The van der Waals surface area contributed by atoms with Crippen LogP contribution < -0.4 is 15.1 Å². The molecule has 1 saturated heterocycles. The van der Waals surface area contributed by atoms with Crippen LogP contribution in [0.5, 0.6) is 0 Å². The Labute approximate surface area is 203 Å². The van der Waals surface area contributed by atoms with E-state index >= 15 is 0 Å². The zero-order chi connectivity index (χ0) is 25.0. The fourth-order valence-electron chi connectivity index (χ4n) is 3.98. The van der Waals surface area contributed by atoms with Crippen LogP contribution in [0.15, 0.2) is 66.9 Å². The fraction of sp³-hybridized carbons (Fsp3) is 0.308. The highest BCUT2D eigenvalue weighted by Gasteiger charge is 2.31. The number of anilines is 3. The number of hydrogen-bond acceptors (Lipinski definition) is 5. The Bertz CT molecular complexity index is 1140. The standard InChI is InChI=1S/C26H28F3N5O/c1-32(2)23-9-6-19(7-10-23)18-33-12-14-34(15-13-33)24-11-8-22(17-30-24)31-25(35)20-4-3-5-21(16-20)26(27,28)29/h3-11,16-17H,12-15,18H2,1-2H3,(H,31,35). The summed E-state index contributed by atoms with van der Waals surface area (Å²) in [6.07, 6.45) is -2.97. The molecule has 1 aliphatic heterocycles. The Morgan fingerprint density at radius 2 is 1.71 bits per heavy atom. The first kappa shape index (κ1) is 24.5. The predicted octanol–water partition coefficient (Wildman–Crippen LogP) is 4.74. The van der Waals surface area contributed by atoms with Crippen LogP contribution in [0.1, 0.15) is 21.5 Å². The molecule has 6 nitrogen and oxygen atoms in total. The van der Waals surface area contributed by atoms with E-state index in [4.69, 9.17) is 0 Å². The van der Waals surface area contributed by atoms with Gasteiger partial charge in [-0.3, -0.25) is 9.69 Å². The fourth-order valence-corrected chi connectivity index (χ4v) is 3.98. The maximum Gasteiger partial charge on any atom is 0.416 e. The van der Waals surface area contributed by atoms with Gasteiger partial charge in [0.05, 0.1) is 17.4 Å². The monoisotopic (exact) mass is 483 g/mol. The van der Waals surface area contributed by atoms with Crippen molar-refractivity contribution >= 4 is 23.1 Å². The molecule has 1 amide bonds. The molecule has 0 unspecified atom stereocenters. The lowest BCUT2D eigenvalue weighted by molar-refractivity contribution is -0.137. The number of carbonyl (C=O) groups is 1. The lowest BCUT2D eigenvalue weighted by atomic mass is 10.1. The number of benzene rings is 2. The van der Waals surface area contributed by atoms with E-state index < -0.39 is 17.6 Å². The Kier molecular flexibility index (Phi) is 7.25. The summed E-state index contributed by atoms with van der Waals surface area (Å²) < 4.78 is 38.7. The van der Waals surface area contributed by atoms with Crippen molar-refractivity contribution < 1.29 is 18.0 Å². The molecule has 1 N–H and O–H groups in total. The summed E-state index contributed by atoms with van der Waals surface area (Å²) in [6, 6.07) is 16.5. The van der Waals surface area contributed by atoms with E-state index in [1.54, 1.807) is 6.07 Å². The topological polar surface area (TPSA) is 51.7 Å². The normalized spacial score (nSPS) is 14.6. The molecule has 2 aromatic carbocycles. The molecule has 0 radical (unpaired) electrons. The van der Waals surface area contributed by atoms with Crippen LogP contribution in [-0.4, -0.2) is 56.1 Å². The zero-order valence-electron chi connectivity index (χ0n) is 19.7. The first-order valence-electron chi connectivity index (χ1n) is 11.4. The largest absolute Gasteiger partial charge is 0.416 e. The van der Waals surface area contributed by atoms with Crippen molar-refractivity contribution in [2.75, 3.05) is 55.4 Å². The quantitative estimate of drug-likeness (QED) is 0.549. The molecule has 0 spiro atoms. The van der Waals surface area contributed by atoms with Gasteiger partial charge in [-0.05, 0) is 48.0 Å². The number of aromatic nitrogens is 1. The van der Waals surface area contributed by atoms with Crippen molar-refractivity contribution in [3.8, 4) is 0 Å². The maximum atomic E-state index is 12.9. The average molecular weight is 484 g/mol. The lowest BCUT2D eigenvalue weighted by Gasteiger charge is -2.35. The van der Waals surface area contributed by atoms with Gasteiger partial charge in [-0.25, -0.2) is 4.98 Å². The lowest BCUT2D eigenvalue weighted by Crippen LogP contribution is -2.46. The van der Waals surface area contributed by atoms with E-state index in [1.165, 1.54) is 29.6 Å². The van der Waals surface area contributed by atoms with E-state index in [0.29, 0.717) is 5.69 Å². The molecule has 3 aromatic rings. The van der Waals surface area contributed by atoms with Crippen LogP contribution in [0, 0.1) is 0 Å². The molecular weight excluding hydrogens is 455 g/mol. The van der Waals surface area contributed by atoms with Crippen LogP contribution in [0.3, 0.4) is 0 Å². The maximum absolute atomic E-state index is 12.9. The van der Waals surface area contributed by atoms with E-state index in [-0.39, 0.29) is 5.56 Å². The molecule has 2 heterocycles. The second kappa shape index (κ2) is 10.4. The Balaban J connectivity index is 1.30. The highest BCUT2D eigenvalue weighted by Crippen LogP contribution is 2.29. The van der Waals surface area contributed by atoms with Crippen LogP contribution in [0.4, 0.5) is 30.4 Å². The predicted molar refractivity (Wildman–Crippen MR) is 132 cm³/mol. The van der Waals surface area contributed by atoms with Crippen LogP contribution in [-0.2, 0) is 12.7 Å². The van der Waals surface area contributed by atoms with Gasteiger partial charge in [0.15, 0.2) is 0 Å². The first-order chi connectivity index (χ1) is 16.7. The summed E-state index contributed by atoms with van der Waals surface area (Å²) in [5.74, 6) is 0.190. The third kappa shape index (κ3) is 6.30. The second-order valence-electron chi connectivity index (χ2n) is 8.76. The van der Waals surface area contributed by atoms with Gasteiger partial charge in [-0.15, -0.1) is 0 Å². The Morgan fingerprint density at radius 3 is 2.31 bits per heavy atom. The summed E-state index contributed by atoms with van der Waals surface area (Å²) >= 11 is 0. The summed E-state index contributed by atoms with van der Waals surface area (Å²) in [5, 5.41) is 2.61. The molecule has 4 rings (SSSR count). The molecule has 0 aliphatic carbocycles. The Morgan fingerprint density at radius 1 is 1.00 bits per heavy atom. The van der Waals surface area contributed by atoms with Crippen LogP contribution in [0.25, 0.3) is 0 Å². The average Bonchev–Trinajstić information content (AvgIpc) is 2.85. The highest BCUT2D eigenvalue weighted by molar-refractivity contribution is 6.04. The SMILES string of the molecule is CN(C)c1ccc(CN2CCN(c3ccc(NC(=O)c4cccc(C(F)(F)F)c4)cn3)CC2)cc1. The number of nitrogens with one attached hydrogen (secondary N) is 1. The summed E-state index contributed by atoms with van der Waals surface area (Å²) in [5.41, 5.74) is 1.97. The van der Waals surface area contributed by atoms with Crippen LogP contribution in [0.2, 0.25) is 0 Å². The molecule has 9 heteroatoms. The van der Waals surface area contributed by atoms with Crippen molar-refractivity contribution in [2.45, 2.75) is 12.7 Å². The number of amides is 1. The van der Waals surface area contributed by atoms with Crippen molar-refractivity contribution in [3.05, 3.63) is 83.6 Å². The number of nitrogens with zero attached hydrogens (tertiary/aromatic N) is 4. The van der Waals surface area contributed by atoms with Gasteiger partial charge >= 0.3 is 6.18 Å². The van der Waals surface area contributed by atoms with Crippen molar-refractivity contribution in [1.82, 2.24) is 9.88 Å². The van der Waals surface area contributed by atoms with Gasteiger partial charge in [-0.1, -0.05) is 18.2 Å². The second-order valence-corrected chi connectivity index (χ2v) is 8.76. The number of hydrogen-bond donors (Lipinski definition) is 1. The van der Waals surface area contributed by atoms with Gasteiger partial charge in [0.25, 0.3) is 5.91 Å². The number of halogens is 3. The van der Waals surface area contributed by atoms with Gasteiger partial charge in [0.1, 0.15) is 5.82 Å². The minimum Gasteiger partial charge on any atom is -0.378 e. The van der Waals surface area contributed by atoms with Crippen molar-refractivity contribution in [1.29, 1.82) is 0 Å². The number of piperazine rings is 1. The molecule has 184 valence electrons. The van der Waals surface area contributed by atoms with Crippen molar-refractivity contribution in [3.63, 3.8) is 0 Å². The number of pyridine rings is 1. The van der Waals surface area contributed by atoms with Gasteiger partial charge in [-0.2, -0.15) is 13.2 Å². The minimum atomic E-state index is -4.50.